The quantitative estimate of drug-likeness (QED) is 0.458. The molecule has 0 atom stereocenters. The van der Waals surface area contributed by atoms with Crippen LogP contribution in [0.25, 0.3) is 0 Å². The molecule has 0 spiro atoms. The maximum absolute atomic E-state index is 13.3. The normalized spacial score (nSPS) is 14.4. The van der Waals surface area contributed by atoms with Gasteiger partial charge in [0, 0.05) is 24.5 Å². The first kappa shape index (κ1) is 23.8. The molecule has 3 aromatic rings. The summed E-state index contributed by atoms with van der Waals surface area (Å²) in [6.45, 7) is 3.11. The standard InChI is InChI=1S/C25H24F3N3O2S/c1-17-5-10-22(21(14-17)29-23(32)15-20-4-2-13-34-20)31-12-3-11-30(24(31)33)16-18-6-8-19(9-7-18)25(26,27)28/h2,4-10,13-14H,3,11-12,15-16H2,1H3,(H,29,32). The van der Waals surface area contributed by atoms with Crippen LogP contribution < -0.4 is 10.2 Å². The molecule has 178 valence electrons. The highest BCUT2D eigenvalue weighted by Crippen LogP contribution is 2.32. The molecular weight excluding hydrogens is 463 g/mol. The molecule has 5 nitrogen and oxygen atoms in total. The van der Waals surface area contributed by atoms with E-state index in [4.69, 9.17) is 0 Å². The van der Waals surface area contributed by atoms with Crippen LogP contribution >= 0.6 is 11.3 Å². The van der Waals surface area contributed by atoms with Crippen LogP contribution in [0.4, 0.5) is 29.3 Å². The molecule has 9 heteroatoms. The molecule has 0 saturated carbocycles. The van der Waals surface area contributed by atoms with Gasteiger partial charge in [0.05, 0.1) is 23.4 Å². The number of benzene rings is 2. The minimum absolute atomic E-state index is 0.166. The first-order chi connectivity index (χ1) is 16.2. The number of carbonyl (C=O) groups excluding carboxylic acids is 2. The second-order valence-electron chi connectivity index (χ2n) is 8.23. The highest BCUT2D eigenvalue weighted by Gasteiger charge is 2.31. The fourth-order valence-electron chi connectivity index (χ4n) is 3.92. The van der Waals surface area contributed by atoms with E-state index in [1.807, 2.05) is 42.6 Å². The predicted molar refractivity (Wildman–Crippen MR) is 127 cm³/mol. The van der Waals surface area contributed by atoms with Crippen molar-refractivity contribution in [2.45, 2.75) is 32.5 Å². The van der Waals surface area contributed by atoms with Crippen molar-refractivity contribution in [1.29, 1.82) is 0 Å². The van der Waals surface area contributed by atoms with Gasteiger partial charge in [-0.15, -0.1) is 11.3 Å². The molecule has 0 radical (unpaired) electrons. The molecular formula is C25H24F3N3O2S. The number of nitrogens with one attached hydrogen (secondary N) is 1. The van der Waals surface area contributed by atoms with Gasteiger partial charge in [-0.25, -0.2) is 4.79 Å². The summed E-state index contributed by atoms with van der Waals surface area (Å²) in [5.74, 6) is -0.166. The van der Waals surface area contributed by atoms with Crippen molar-refractivity contribution in [2.75, 3.05) is 23.3 Å². The number of nitrogens with zero attached hydrogens (tertiary/aromatic N) is 2. The zero-order valence-corrected chi connectivity index (χ0v) is 19.4. The van der Waals surface area contributed by atoms with E-state index in [1.54, 1.807) is 9.80 Å². The van der Waals surface area contributed by atoms with Crippen LogP contribution in [0.2, 0.25) is 0 Å². The van der Waals surface area contributed by atoms with E-state index in [9.17, 15) is 22.8 Å². The Balaban J connectivity index is 1.50. The molecule has 2 aromatic carbocycles. The van der Waals surface area contributed by atoms with Gasteiger partial charge < -0.3 is 10.2 Å². The van der Waals surface area contributed by atoms with Gasteiger partial charge in [0.25, 0.3) is 0 Å². The molecule has 1 N–H and O–H groups in total. The number of anilines is 2. The Bertz CT molecular complexity index is 1160. The minimum atomic E-state index is -4.40. The molecule has 0 unspecified atom stereocenters. The third kappa shape index (κ3) is 5.59. The van der Waals surface area contributed by atoms with Gasteiger partial charge >= 0.3 is 12.2 Å². The second-order valence-corrected chi connectivity index (χ2v) is 9.26. The Hall–Kier alpha value is -3.33. The van der Waals surface area contributed by atoms with Crippen LogP contribution in [0.15, 0.2) is 60.0 Å². The van der Waals surface area contributed by atoms with Crippen LogP contribution in [0, 0.1) is 6.92 Å². The first-order valence-electron chi connectivity index (χ1n) is 10.9. The number of amides is 3. The number of alkyl halides is 3. The van der Waals surface area contributed by atoms with E-state index in [-0.39, 0.29) is 24.9 Å². The van der Waals surface area contributed by atoms with Crippen molar-refractivity contribution in [1.82, 2.24) is 4.90 Å². The largest absolute Gasteiger partial charge is 0.416 e. The van der Waals surface area contributed by atoms with Gasteiger partial charge in [-0.05, 0) is 60.2 Å². The molecule has 3 amide bonds. The third-order valence-corrected chi connectivity index (χ3v) is 6.47. The summed E-state index contributed by atoms with van der Waals surface area (Å²) in [6.07, 6.45) is -3.45. The fraction of sp³-hybridized carbons (Fsp3) is 0.280. The van der Waals surface area contributed by atoms with Crippen molar-refractivity contribution in [3.8, 4) is 0 Å². The summed E-state index contributed by atoms with van der Waals surface area (Å²) in [5, 5.41) is 4.86. The molecule has 4 rings (SSSR count). The number of hydrogen-bond donors (Lipinski definition) is 1. The number of urea groups is 1. The number of hydrogen-bond acceptors (Lipinski definition) is 3. The van der Waals surface area contributed by atoms with E-state index in [0.29, 0.717) is 36.4 Å². The molecule has 1 aromatic heterocycles. The summed E-state index contributed by atoms with van der Waals surface area (Å²) in [5.41, 5.74) is 2.02. The van der Waals surface area contributed by atoms with Gasteiger partial charge in [-0.2, -0.15) is 13.2 Å². The van der Waals surface area contributed by atoms with Crippen LogP contribution in [0.1, 0.15) is 28.0 Å². The summed E-state index contributed by atoms with van der Waals surface area (Å²) in [7, 11) is 0. The van der Waals surface area contributed by atoms with Crippen LogP contribution in [-0.2, 0) is 23.9 Å². The van der Waals surface area contributed by atoms with Crippen LogP contribution in [0.5, 0.6) is 0 Å². The van der Waals surface area contributed by atoms with Gasteiger partial charge in [-0.3, -0.25) is 9.69 Å². The lowest BCUT2D eigenvalue weighted by Crippen LogP contribution is -2.49. The highest BCUT2D eigenvalue weighted by molar-refractivity contribution is 7.10. The maximum atomic E-state index is 13.3. The molecule has 1 aliphatic rings. The molecule has 1 fully saturated rings. The zero-order valence-electron chi connectivity index (χ0n) is 18.6. The Morgan fingerprint density at radius 1 is 1.09 bits per heavy atom. The third-order valence-electron chi connectivity index (χ3n) is 5.60. The predicted octanol–water partition coefficient (Wildman–Crippen LogP) is 6.09. The van der Waals surface area contributed by atoms with E-state index in [1.165, 1.54) is 23.5 Å². The van der Waals surface area contributed by atoms with Crippen molar-refractivity contribution in [2.24, 2.45) is 0 Å². The number of aryl methyl sites for hydroxylation is 1. The smallest absolute Gasteiger partial charge is 0.324 e. The number of carbonyl (C=O) groups is 2. The molecule has 34 heavy (non-hydrogen) atoms. The van der Waals surface area contributed by atoms with Crippen LogP contribution in [0.3, 0.4) is 0 Å². The second kappa shape index (κ2) is 9.89. The average molecular weight is 488 g/mol. The van der Waals surface area contributed by atoms with Gasteiger partial charge in [0.15, 0.2) is 0 Å². The Labute approximate surface area is 199 Å². The number of halogens is 3. The lowest BCUT2D eigenvalue weighted by atomic mass is 10.1. The van der Waals surface area contributed by atoms with E-state index in [2.05, 4.69) is 5.32 Å². The van der Waals surface area contributed by atoms with Crippen molar-refractivity contribution < 1.29 is 22.8 Å². The lowest BCUT2D eigenvalue weighted by Gasteiger charge is -2.36. The highest BCUT2D eigenvalue weighted by atomic mass is 32.1. The average Bonchev–Trinajstić information content (AvgIpc) is 3.28. The summed E-state index contributed by atoms with van der Waals surface area (Å²) in [6, 6.07) is 13.9. The topological polar surface area (TPSA) is 52.6 Å². The summed E-state index contributed by atoms with van der Waals surface area (Å²) in [4.78, 5) is 30.1. The van der Waals surface area contributed by atoms with E-state index >= 15 is 0 Å². The number of rotatable bonds is 6. The summed E-state index contributed by atoms with van der Waals surface area (Å²) >= 11 is 1.51. The summed E-state index contributed by atoms with van der Waals surface area (Å²) < 4.78 is 38.5. The maximum Gasteiger partial charge on any atom is 0.416 e. The zero-order chi connectivity index (χ0) is 24.3. The van der Waals surface area contributed by atoms with E-state index < -0.39 is 11.7 Å². The van der Waals surface area contributed by atoms with Crippen molar-refractivity contribution >= 4 is 34.6 Å². The lowest BCUT2D eigenvalue weighted by molar-refractivity contribution is -0.137. The van der Waals surface area contributed by atoms with Crippen LogP contribution in [-0.4, -0.2) is 29.9 Å². The van der Waals surface area contributed by atoms with Gasteiger partial charge in [-0.1, -0.05) is 24.3 Å². The minimum Gasteiger partial charge on any atom is -0.324 e. The molecule has 2 heterocycles. The van der Waals surface area contributed by atoms with Crippen molar-refractivity contribution in [3.63, 3.8) is 0 Å². The van der Waals surface area contributed by atoms with Gasteiger partial charge in [0.2, 0.25) is 5.91 Å². The Kier molecular flexibility index (Phi) is 6.92. The molecule has 1 aliphatic heterocycles. The SMILES string of the molecule is Cc1ccc(N2CCCN(Cc3ccc(C(F)(F)F)cc3)C2=O)c(NC(=O)Cc2cccs2)c1. The van der Waals surface area contributed by atoms with E-state index in [0.717, 1.165) is 22.6 Å². The van der Waals surface area contributed by atoms with Crippen molar-refractivity contribution in [3.05, 3.63) is 81.5 Å². The number of thiophene rings is 1. The first-order valence-corrected chi connectivity index (χ1v) is 11.7. The molecule has 0 aliphatic carbocycles. The van der Waals surface area contributed by atoms with Gasteiger partial charge in [0.1, 0.15) is 0 Å². The Morgan fingerprint density at radius 3 is 2.53 bits per heavy atom. The molecule has 1 saturated heterocycles. The monoisotopic (exact) mass is 487 g/mol. The molecule has 0 bridgehead atoms. The Morgan fingerprint density at radius 2 is 1.85 bits per heavy atom. The fourth-order valence-corrected chi connectivity index (χ4v) is 4.63.